The largest absolute Gasteiger partial charge is 0.312 e. The van der Waals surface area contributed by atoms with E-state index >= 15 is 0 Å². The molecule has 0 saturated carbocycles. The predicted molar refractivity (Wildman–Crippen MR) is 81.6 cm³/mol. The van der Waals surface area contributed by atoms with Crippen LogP contribution in [-0.4, -0.2) is 40.6 Å². The molecule has 0 amide bonds. The van der Waals surface area contributed by atoms with Gasteiger partial charge in [0.2, 0.25) is 0 Å². The first-order valence-corrected chi connectivity index (χ1v) is 9.39. The van der Waals surface area contributed by atoms with E-state index in [4.69, 9.17) is 0 Å². The van der Waals surface area contributed by atoms with Crippen molar-refractivity contribution in [1.29, 1.82) is 0 Å². The van der Waals surface area contributed by atoms with E-state index in [0.29, 0.717) is 6.04 Å². The number of aromatic nitrogens is 1. The number of rotatable bonds is 5. The predicted octanol–water partition coefficient (Wildman–Crippen LogP) is 2.69. The van der Waals surface area contributed by atoms with Gasteiger partial charge in [-0.15, -0.1) is 11.3 Å². The van der Waals surface area contributed by atoms with Crippen molar-refractivity contribution in [2.45, 2.75) is 25.8 Å². The molecule has 5 heteroatoms. The van der Waals surface area contributed by atoms with E-state index in [0.717, 1.165) is 19.4 Å². The molecule has 0 aliphatic carbocycles. The summed E-state index contributed by atoms with van der Waals surface area (Å²) in [5.41, 5.74) is 1.24. The zero-order chi connectivity index (χ0) is 11.9. The van der Waals surface area contributed by atoms with E-state index in [1.807, 2.05) is 0 Å². The number of aryl methyl sites for hydroxylation is 1. The van der Waals surface area contributed by atoms with Crippen LogP contribution in [0.15, 0.2) is 5.38 Å². The average Bonchev–Trinajstić information content (AvgIpc) is 2.65. The zero-order valence-corrected chi connectivity index (χ0v) is 12.7. The van der Waals surface area contributed by atoms with Gasteiger partial charge in [-0.1, -0.05) is 6.92 Å². The van der Waals surface area contributed by atoms with Gasteiger partial charge in [0.05, 0.1) is 10.7 Å². The van der Waals surface area contributed by atoms with Gasteiger partial charge in [0, 0.05) is 47.4 Å². The van der Waals surface area contributed by atoms with E-state index in [1.54, 1.807) is 11.3 Å². The Morgan fingerprint density at radius 1 is 1.35 bits per heavy atom. The third kappa shape index (κ3) is 4.81. The van der Waals surface area contributed by atoms with Crippen LogP contribution in [0.2, 0.25) is 0 Å². The Morgan fingerprint density at radius 2 is 2.12 bits per heavy atom. The summed E-state index contributed by atoms with van der Waals surface area (Å²) in [4.78, 5) is 4.60. The van der Waals surface area contributed by atoms with Crippen LogP contribution in [0.5, 0.6) is 0 Å². The van der Waals surface area contributed by atoms with Crippen molar-refractivity contribution in [2.24, 2.45) is 0 Å². The molecule has 0 aromatic carbocycles. The minimum absolute atomic E-state index is 0.693. The lowest BCUT2D eigenvalue weighted by molar-refractivity contribution is 0.603. The van der Waals surface area contributed by atoms with Crippen molar-refractivity contribution >= 4 is 34.9 Å². The van der Waals surface area contributed by atoms with Gasteiger partial charge < -0.3 is 5.32 Å². The average molecular weight is 289 g/mol. The molecule has 0 atom stereocenters. The number of hydrogen-bond acceptors (Lipinski definition) is 5. The highest BCUT2D eigenvalue weighted by Gasteiger charge is 2.11. The number of hydrogen-bond donors (Lipinski definition) is 1. The van der Waals surface area contributed by atoms with E-state index in [9.17, 15) is 0 Å². The van der Waals surface area contributed by atoms with Crippen LogP contribution in [0.3, 0.4) is 0 Å². The molecule has 0 unspecified atom stereocenters. The molecule has 1 saturated heterocycles. The third-order valence-electron chi connectivity index (χ3n) is 2.74. The molecule has 17 heavy (non-hydrogen) atoms. The quantitative estimate of drug-likeness (QED) is 0.900. The van der Waals surface area contributed by atoms with Crippen molar-refractivity contribution in [1.82, 2.24) is 10.3 Å². The summed E-state index contributed by atoms with van der Waals surface area (Å²) in [5, 5.41) is 7.13. The molecule has 0 radical (unpaired) electrons. The molecule has 1 aliphatic rings. The molecule has 1 N–H and O–H groups in total. The highest BCUT2D eigenvalue weighted by Crippen LogP contribution is 2.16. The van der Waals surface area contributed by atoms with E-state index in [1.165, 1.54) is 33.7 Å². The van der Waals surface area contributed by atoms with Crippen molar-refractivity contribution in [3.63, 3.8) is 0 Å². The van der Waals surface area contributed by atoms with Gasteiger partial charge in [0.15, 0.2) is 0 Å². The lowest BCUT2D eigenvalue weighted by Crippen LogP contribution is -2.34. The van der Waals surface area contributed by atoms with Crippen LogP contribution in [0.4, 0.5) is 0 Å². The van der Waals surface area contributed by atoms with Crippen LogP contribution in [-0.2, 0) is 12.8 Å². The summed E-state index contributed by atoms with van der Waals surface area (Å²) in [6.45, 7) is 3.24. The van der Waals surface area contributed by atoms with Crippen LogP contribution in [0.25, 0.3) is 0 Å². The Hall–Kier alpha value is 0.290. The van der Waals surface area contributed by atoms with Crippen molar-refractivity contribution < 1.29 is 0 Å². The Balaban J connectivity index is 1.67. The minimum atomic E-state index is 0.693. The second-order valence-corrected chi connectivity index (χ2v) is 7.38. The third-order valence-corrected chi connectivity index (χ3v) is 6.22. The summed E-state index contributed by atoms with van der Waals surface area (Å²) in [5.74, 6) is 5.17. The molecule has 1 aromatic heterocycles. The first-order chi connectivity index (χ1) is 8.38. The molecular formula is C12H20N2S3. The van der Waals surface area contributed by atoms with Gasteiger partial charge in [0.1, 0.15) is 0 Å². The fraction of sp³-hybridized carbons (Fsp3) is 0.750. The van der Waals surface area contributed by atoms with Crippen LogP contribution >= 0.6 is 34.9 Å². The van der Waals surface area contributed by atoms with Gasteiger partial charge in [0.25, 0.3) is 0 Å². The van der Waals surface area contributed by atoms with E-state index < -0.39 is 0 Å². The maximum atomic E-state index is 4.60. The zero-order valence-electron chi connectivity index (χ0n) is 10.3. The lowest BCUT2D eigenvalue weighted by atomic mass is 10.3. The van der Waals surface area contributed by atoms with Crippen molar-refractivity contribution in [3.05, 3.63) is 16.1 Å². The summed E-state index contributed by atoms with van der Waals surface area (Å²) >= 11 is 5.97. The Bertz CT molecular complexity index is 319. The van der Waals surface area contributed by atoms with Gasteiger partial charge in [-0.25, -0.2) is 4.98 Å². The van der Waals surface area contributed by atoms with E-state index in [-0.39, 0.29) is 0 Å². The van der Waals surface area contributed by atoms with E-state index in [2.05, 4.69) is 46.1 Å². The summed E-state index contributed by atoms with van der Waals surface area (Å²) in [6, 6.07) is 0.693. The Kier molecular flexibility index (Phi) is 6.18. The minimum Gasteiger partial charge on any atom is -0.312 e. The number of nitrogens with one attached hydrogen (secondary N) is 1. The number of thiazole rings is 1. The standard InChI is InChI=1S/C12H20N2S3/c1-2-10-9-17-12(14-10)3-4-13-11-7-15-5-6-16-8-11/h9,11,13H,2-8H2,1H3. The fourth-order valence-corrected chi connectivity index (χ4v) is 5.09. The molecule has 2 nitrogen and oxygen atoms in total. The molecule has 0 bridgehead atoms. The van der Waals surface area contributed by atoms with Crippen LogP contribution < -0.4 is 5.32 Å². The SMILES string of the molecule is CCc1csc(CCNC2CSCCSC2)n1. The van der Waals surface area contributed by atoms with Crippen LogP contribution in [0.1, 0.15) is 17.6 Å². The first kappa shape index (κ1) is 13.7. The Labute approximate surface area is 116 Å². The lowest BCUT2D eigenvalue weighted by Gasteiger charge is -2.14. The first-order valence-electron chi connectivity index (χ1n) is 6.20. The van der Waals surface area contributed by atoms with Crippen LogP contribution in [0, 0.1) is 0 Å². The molecular weight excluding hydrogens is 268 g/mol. The molecule has 2 heterocycles. The molecule has 96 valence electrons. The summed E-state index contributed by atoms with van der Waals surface area (Å²) < 4.78 is 0. The van der Waals surface area contributed by atoms with Crippen molar-refractivity contribution in [2.75, 3.05) is 29.6 Å². The topological polar surface area (TPSA) is 24.9 Å². The molecule has 1 aromatic rings. The smallest absolute Gasteiger partial charge is 0.0940 e. The monoisotopic (exact) mass is 288 g/mol. The normalized spacial score (nSPS) is 18.2. The highest BCUT2D eigenvalue weighted by atomic mass is 32.2. The molecule has 2 rings (SSSR count). The maximum absolute atomic E-state index is 4.60. The van der Waals surface area contributed by atoms with Gasteiger partial charge in [-0.2, -0.15) is 23.5 Å². The molecule has 0 spiro atoms. The Morgan fingerprint density at radius 3 is 2.76 bits per heavy atom. The second-order valence-electron chi connectivity index (χ2n) is 4.14. The molecule has 1 aliphatic heterocycles. The summed E-state index contributed by atoms with van der Waals surface area (Å²) in [7, 11) is 0. The highest BCUT2D eigenvalue weighted by molar-refractivity contribution is 8.03. The maximum Gasteiger partial charge on any atom is 0.0940 e. The van der Waals surface area contributed by atoms with Gasteiger partial charge in [-0.05, 0) is 6.42 Å². The van der Waals surface area contributed by atoms with Gasteiger partial charge in [-0.3, -0.25) is 0 Å². The number of nitrogens with zero attached hydrogens (tertiary/aromatic N) is 1. The second kappa shape index (κ2) is 7.67. The summed E-state index contributed by atoms with van der Waals surface area (Å²) in [6.07, 6.45) is 2.14. The number of thioether (sulfide) groups is 2. The fourth-order valence-electron chi connectivity index (χ4n) is 1.74. The van der Waals surface area contributed by atoms with Gasteiger partial charge >= 0.3 is 0 Å². The van der Waals surface area contributed by atoms with Crippen molar-refractivity contribution in [3.8, 4) is 0 Å². The molecule has 1 fully saturated rings.